The highest BCUT2D eigenvalue weighted by molar-refractivity contribution is 6.36. The number of anilines is 1. The highest BCUT2D eigenvalue weighted by Crippen LogP contribution is 2.07. The van der Waals surface area contributed by atoms with Crippen molar-refractivity contribution in [3.63, 3.8) is 0 Å². The molecule has 2 rings (SSSR count). The van der Waals surface area contributed by atoms with Gasteiger partial charge in [-0.05, 0) is 18.6 Å². The number of amides is 3. The molecule has 0 bridgehead atoms. The van der Waals surface area contributed by atoms with E-state index in [-0.39, 0.29) is 37.4 Å². The van der Waals surface area contributed by atoms with E-state index in [0.29, 0.717) is 0 Å². The average molecular weight is 505 g/mol. The summed E-state index contributed by atoms with van der Waals surface area (Å²) in [5.74, 6) is -3.74. The van der Waals surface area contributed by atoms with E-state index < -0.39 is 47.6 Å². The summed E-state index contributed by atoms with van der Waals surface area (Å²) in [4.78, 5) is 77.7. The number of imidazole rings is 1. The minimum Gasteiger partial charge on any atom is -0.462 e. The molecule has 14 nitrogen and oxygen atoms in total. The van der Waals surface area contributed by atoms with E-state index in [4.69, 9.17) is 9.47 Å². The normalized spacial score (nSPS) is 11.3. The van der Waals surface area contributed by atoms with Crippen LogP contribution >= 0.6 is 0 Å². The van der Waals surface area contributed by atoms with Gasteiger partial charge in [0, 0.05) is 33.8 Å². The third kappa shape index (κ3) is 7.87. The van der Waals surface area contributed by atoms with Gasteiger partial charge < -0.3 is 34.6 Å². The number of carbonyl (C=O) groups is 5. The second-order valence-corrected chi connectivity index (χ2v) is 7.51. The third-order valence-corrected chi connectivity index (χ3v) is 4.94. The lowest BCUT2D eigenvalue weighted by molar-refractivity contribution is -0.145. The van der Waals surface area contributed by atoms with Crippen LogP contribution in [0.4, 0.5) is 5.69 Å². The first kappa shape index (κ1) is 27.9. The van der Waals surface area contributed by atoms with Crippen LogP contribution in [0, 0.1) is 0 Å². The van der Waals surface area contributed by atoms with E-state index in [1.807, 2.05) is 0 Å². The quantitative estimate of drug-likeness (QED) is 0.168. The molecular formula is C22H28N6O8. The maximum absolute atomic E-state index is 13.0. The van der Waals surface area contributed by atoms with E-state index >= 15 is 0 Å². The van der Waals surface area contributed by atoms with Gasteiger partial charge in [-0.3, -0.25) is 28.8 Å². The van der Waals surface area contributed by atoms with Crippen LogP contribution in [0.1, 0.15) is 23.3 Å². The zero-order valence-corrected chi connectivity index (χ0v) is 20.1. The number of ketones is 1. The van der Waals surface area contributed by atoms with Crippen molar-refractivity contribution in [1.29, 1.82) is 0 Å². The van der Waals surface area contributed by atoms with Crippen LogP contribution in [0.2, 0.25) is 0 Å². The number of ether oxygens (including phenoxy) is 2. The fourth-order valence-electron chi connectivity index (χ4n) is 3.01. The van der Waals surface area contributed by atoms with Crippen LogP contribution < -0.4 is 21.5 Å². The number of nitrogens with one attached hydrogen (secondary N) is 3. The molecule has 0 aliphatic rings. The lowest BCUT2D eigenvalue weighted by atomic mass is 10.1. The van der Waals surface area contributed by atoms with Gasteiger partial charge in [-0.2, -0.15) is 0 Å². The number of carbonyl (C=O) groups excluding carboxylic acids is 5. The molecule has 0 spiro atoms. The number of methoxy groups -OCH3 is 1. The number of aryl methyl sites for hydroxylation is 1. The summed E-state index contributed by atoms with van der Waals surface area (Å²) in [6.07, 6.45) is 3.48. The summed E-state index contributed by atoms with van der Waals surface area (Å²) < 4.78 is 12.2. The first-order valence-corrected chi connectivity index (χ1v) is 10.8. The summed E-state index contributed by atoms with van der Waals surface area (Å²) in [6, 6.07) is 1.49. The predicted octanol–water partition coefficient (Wildman–Crippen LogP) is -1.40. The maximum atomic E-state index is 13.0. The average Bonchev–Trinajstić information content (AvgIpc) is 3.29. The molecule has 0 saturated heterocycles. The fourth-order valence-corrected chi connectivity index (χ4v) is 3.01. The van der Waals surface area contributed by atoms with E-state index in [0.717, 1.165) is 4.57 Å². The molecule has 1 unspecified atom stereocenters. The van der Waals surface area contributed by atoms with Gasteiger partial charge >= 0.3 is 5.97 Å². The molecule has 0 aliphatic heterocycles. The van der Waals surface area contributed by atoms with Gasteiger partial charge in [0.1, 0.15) is 30.6 Å². The van der Waals surface area contributed by atoms with Crippen molar-refractivity contribution in [2.45, 2.75) is 25.4 Å². The van der Waals surface area contributed by atoms with E-state index in [2.05, 4.69) is 20.9 Å². The molecule has 2 aromatic heterocycles. The molecule has 3 N–H and O–H groups in total. The van der Waals surface area contributed by atoms with Crippen molar-refractivity contribution in [3.8, 4) is 0 Å². The summed E-state index contributed by atoms with van der Waals surface area (Å²) in [7, 11) is 4.33. The van der Waals surface area contributed by atoms with Gasteiger partial charge in [0.2, 0.25) is 11.7 Å². The number of rotatable bonds is 13. The Labute approximate surface area is 206 Å². The number of aromatic nitrogens is 3. The molecule has 14 heteroatoms. The number of nitrogens with zero attached hydrogens (tertiary/aromatic N) is 3. The predicted molar refractivity (Wildman–Crippen MR) is 125 cm³/mol. The second-order valence-electron chi connectivity index (χ2n) is 7.51. The lowest BCUT2D eigenvalue weighted by Gasteiger charge is -2.18. The van der Waals surface area contributed by atoms with Crippen LogP contribution in [0.3, 0.4) is 0 Å². The Bertz CT molecular complexity index is 1170. The van der Waals surface area contributed by atoms with Gasteiger partial charge in [0.15, 0.2) is 0 Å². The Morgan fingerprint density at radius 1 is 1.17 bits per heavy atom. The summed E-state index contributed by atoms with van der Waals surface area (Å²) >= 11 is 0. The molecule has 3 amide bonds. The molecule has 194 valence electrons. The highest BCUT2D eigenvalue weighted by atomic mass is 16.6. The number of hydrogen-bond acceptors (Lipinski definition) is 9. The highest BCUT2D eigenvalue weighted by Gasteiger charge is 2.26. The summed E-state index contributed by atoms with van der Waals surface area (Å²) in [6.45, 7) is -0.175. The zero-order valence-electron chi connectivity index (χ0n) is 20.1. The molecule has 2 aromatic rings. The maximum Gasteiger partial charge on any atom is 0.326 e. The van der Waals surface area contributed by atoms with Crippen molar-refractivity contribution in [1.82, 2.24) is 24.8 Å². The Morgan fingerprint density at radius 2 is 1.92 bits per heavy atom. The Balaban J connectivity index is 2.17. The van der Waals surface area contributed by atoms with Gasteiger partial charge in [-0.1, -0.05) is 0 Å². The first-order valence-electron chi connectivity index (χ1n) is 10.8. The minimum absolute atomic E-state index is 0.0212. The topological polar surface area (TPSA) is 180 Å². The zero-order chi connectivity index (χ0) is 26.7. The van der Waals surface area contributed by atoms with Gasteiger partial charge in [0.25, 0.3) is 17.4 Å². The minimum atomic E-state index is -1.27. The number of Topliss-reactive ketones (excluding diaryl/α,β-unsaturated/α-hetero) is 1. The van der Waals surface area contributed by atoms with Crippen molar-refractivity contribution in [2.75, 3.05) is 32.7 Å². The van der Waals surface area contributed by atoms with Crippen LogP contribution in [0.5, 0.6) is 0 Å². The van der Waals surface area contributed by atoms with E-state index in [1.165, 1.54) is 49.6 Å². The Morgan fingerprint density at radius 3 is 2.56 bits per heavy atom. The van der Waals surface area contributed by atoms with Crippen LogP contribution in [0.15, 0.2) is 35.6 Å². The van der Waals surface area contributed by atoms with Gasteiger partial charge in [0.05, 0.1) is 19.1 Å². The second kappa shape index (κ2) is 13.5. The monoisotopic (exact) mass is 504 g/mol. The Hall–Kier alpha value is -4.33. The molecule has 2 heterocycles. The molecule has 0 aliphatic carbocycles. The van der Waals surface area contributed by atoms with Gasteiger partial charge in [-0.15, -0.1) is 0 Å². The number of hydrogen-bond donors (Lipinski definition) is 3. The molecule has 0 radical (unpaired) electrons. The summed E-state index contributed by atoms with van der Waals surface area (Å²) in [5.41, 5.74) is -0.697. The van der Waals surface area contributed by atoms with Crippen molar-refractivity contribution < 1.29 is 33.4 Å². The molecule has 0 fully saturated rings. The van der Waals surface area contributed by atoms with Crippen molar-refractivity contribution in [2.24, 2.45) is 7.05 Å². The molecule has 0 aromatic carbocycles. The lowest BCUT2D eigenvalue weighted by Crippen LogP contribution is -2.45. The number of esters is 1. The van der Waals surface area contributed by atoms with E-state index in [9.17, 15) is 28.8 Å². The van der Waals surface area contributed by atoms with Crippen LogP contribution in [-0.2, 0) is 42.2 Å². The SMILES string of the molecule is CNC(=O)C(=O)CCC(NC(=O)c1cncn1C)C(=O)Nc1cccn(CC(=O)OCCOC)c1=O. The van der Waals surface area contributed by atoms with Crippen molar-refractivity contribution >= 4 is 35.2 Å². The molecule has 0 saturated carbocycles. The van der Waals surface area contributed by atoms with Crippen molar-refractivity contribution in [3.05, 3.63) is 46.9 Å². The Kier molecular flexibility index (Phi) is 10.5. The standard InChI is InChI=1S/C22H28N6O8/c1-23-21(33)17(29)7-6-14(25-20(32)16-11-24-13-27(16)2)19(31)26-15-5-4-8-28(22(15)34)12-18(30)36-10-9-35-3/h4-5,8,11,13-14H,6-7,9-10,12H2,1-3H3,(H,23,33)(H,25,32)(H,26,31). The largest absolute Gasteiger partial charge is 0.462 e. The molecular weight excluding hydrogens is 476 g/mol. The fraction of sp³-hybridized carbons (Fsp3) is 0.409. The smallest absolute Gasteiger partial charge is 0.326 e. The van der Waals surface area contributed by atoms with Crippen LogP contribution in [0.25, 0.3) is 0 Å². The van der Waals surface area contributed by atoms with Crippen LogP contribution in [-0.4, -0.2) is 77.0 Å². The number of likely N-dealkylation sites (N-methyl/N-ethyl adjacent to an activating group) is 1. The molecule has 1 atom stereocenters. The summed E-state index contributed by atoms with van der Waals surface area (Å²) in [5, 5.41) is 7.11. The van der Waals surface area contributed by atoms with Gasteiger partial charge in [-0.25, -0.2) is 4.98 Å². The van der Waals surface area contributed by atoms with E-state index in [1.54, 1.807) is 7.05 Å². The molecule has 36 heavy (non-hydrogen) atoms. The third-order valence-electron chi connectivity index (χ3n) is 4.94. The first-order chi connectivity index (χ1) is 17.2. The number of pyridine rings is 1.